The lowest BCUT2D eigenvalue weighted by Crippen LogP contribution is -2.06. The van der Waals surface area contributed by atoms with Crippen LogP contribution in [0.15, 0.2) is 24.3 Å². The first kappa shape index (κ1) is 15.4. The number of Topliss-reactive ketones (excluding diaryl/α,β-unsaturated/α-hetero) is 1. The van der Waals surface area contributed by atoms with Gasteiger partial charge in [0.05, 0.1) is 12.2 Å². The molecule has 1 aromatic rings. The van der Waals surface area contributed by atoms with Crippen molar-refractivity contribution in [2.75, 3.05) is 6.61 Å². The van der Waals surface area contributed by atoms with Gasteiger partial charge in [-0.1, -0.05) is 44.7 Å². The average molecular weight is 262 g/mol. The Morgan fingerprint density at radius 3 is 2.11 bits per heavy atom. The summed E-state index contributed by atoms with van der Waals surface area (Å²) >= 11 is 0. The SMILES string of the molecule is CCCCCCCOC(=O)c1ccc(C(C)=O)cc1. The second-order valence-corrected chi connectivity index (χ2v) is 4.68. The Hall–Kier alpha value is -1.64. The van der Waals surface area contributed by atoms with E-state index in [1.54, 1.807) is 24.3 Å². The zero-order valence-electron chi connectivity index (χ0n) is 11.8. The standard InChI is InChI=1S/C16H22O3/c1-3-4-5-6-7-12-19-16(18)15-10-8-14(9-11-15)13(2)17/h8-11H,3-7,12H2,1-2H3. The number of ketones is 1. The summed E-state index contributed by atoms with van der Waals surface area (Å²) in [6.45, 7) is 4.14. The minimum atomic E-state index is -0.314. The molecular formula is C16H22O3. The first-order valence-electron chi connectivity index (χ1n) is 6.93. The van der Waals surface area contributed by atoms with Gasteiger partial charge in [-0.05, 0) is 25.5 Å². The van der Waals surface area contributed by atoms with Crippen LogP contribution in [0.1, 0.15) is 66.7 Å². The second kappa shape index (κ2) is 8.46. The van der Waals surface area contributed by atoms with Crippen LogP contribution in [-0.4, -0.2) is 18.4 Å². The molecule has 0 amide bonds. The molecular weight excluding hydrogens is 240 g/mol. The van der Waals surface area contributed by atoms with Gasteiger partial charge in [-0.25, -0.2) is 4.79 Å². The molecule has 0 unspecified atom stereocenters. The Labute approximate surface area is 115 Å². The Balaban J connectivity index is 2.31. The van der Waals surface area contributed by atoms with Gasteiger partial charge in [0.2, 0.25) is 0 Å². The Morgan fingerprint density at radius 2 is 1.53 bits per heavy atom. The number of hydrogen-bond acceptors (Lipinski definition) is 3. The smallest absolute Gasteiger partial charge is 0.338 e. The number of ether oxygens (including phenoxy) is 1. The van der Waals surface area contributed by atoms with E-state index in [1.165, 1.54) is 26.2 Å². The minimum Gasteiger partial charge on any atom is -0.462 e. The van der Waals surface area contributed by atoms with Crippen LogP contribution in [0.25, 0.3) is 0 Å². The fourth-order valence-electron chi connectivity index (χ4n) is 1.79. The van der Waals surface area contributed by atoms with Gasteiger partial charge in [-0.2, -0.15) is 0 Å². The van der Waals surface area contributed by atoms with Gasteiger partial charge in [-0.15, -0.1) is 0 Å². The molecule has 104 valence electrons. The quantitative estimate of drug-likeness (QED) is 0.404. The number of rotatable bonds is 8. The molecule has 0 fully saturated rings. The number of esters is 1. The molecule has 0 aliphatic rings. The Bertz CT molecular complexity index is 407. The largest absolute Gasteiger partial charge is 0.462 e. The van der Waals surface area contributed by atoms with E-state index in [1.807, 2.05) is 0 Å². The fraction of sp³-hybridized carbons (Fsp3) is 0.500. The van der Waals surface area contributed by atoms with Crippen molar-refractivity contribution in [3.05, 3.63) is 35.4 Å². The molecule has 1 aromatic carbocycles. The number of unbranched alkanes of at least 4 members (excludes halogenated alkanes) is 4. The molecule has 0 aliphatic carbocycles. The predicted octanol–water partition coefficient (Wildman–Crippen LogP) is 4.02. The molecule has 0 saturated carbocycles. The predicted molar refractivity (Wildman–Crippen MR) is 75.5 cm³/mol. The maximum Gasteiger partial charge on any atom is 0.338 e. The molecule has 0 bridgehead atoms. The summed E-state index contributed by atoms with van der Waals surface area (Å²) in [7, 11) is 0. The first-order chi connectivity index (χ1) is 9.15. The molecule has 3 heteroatoms. The van der Waals surface area contributed by atoms with Gasteiger partial charge in [-0.3, -0.25) is 4.79 Å². The molecule has 0 atom stereocenters. The number of benzene rings is 1. The molecule has 1 rings (SSSR count). The average Bonchev–Trinajstić information content (AvgIpc) is 2.42. The maximum absolute atomic E-state index is 11.7. The lowest BCUT2D eigenvalue weighted by Gasteiger charge is -2.05. The van der Waals surface area contributed by atoms with Crippen LogP contribution < -0.4 is 0 Å². The van der Waals surface area contributed by atoms with Gasteiger partial charge in [0.25, 0.3) is 0 Å². The van der Waals surface area contributed by atoms with E-state index >= 15 is 0 Å². The number of carbonyl (C=O) groups is 2. The van der Waals surface area contributed by atoms with Gasteiger partial charge < -0.3 is 4.74 Å². The van der Waals surface area contributed by atoms with Crippen molar-refractivity contribution in [1.29, 1.82) is 0 Å². The van der Waals surface area contributed by atoms with Crippen LogP contribution in [0.2, 0.25) is 0 Å². The van der Waals surface area contributed by atoms with Crippen molar-refractivity contribution < 1.29 is 14.3 Å². The summed E-state index contributed by atoms with van der Waals surface area (Å²) in [5.41, 5.74) is 1.11. The fourth-order valence-corrected chi connectivity index (χ4v) is 1.79. The van der Waals surface area contributed by atoms with Crippen molar-refractivity contribution >= 4 is 11.8 Å². The van der Waals surface area contributed by atoms with Crippen molar-refractivity contribution in [3.8, 4) is 0 Å². The molecule has 0 aliphatic heterocycles. The van der Waals surface area contributed by atoms with Gasteiger partial charge in [0.1, 0.15) is 0 Å². The topological polar surface area (TPSA) is 43.4 Å². The first-order valence-corrected chi connectivity index (χ1v) is 6.93. The van der Waals surface area contributed by atoms with E-state index in [9.17, 15) is 9.59 Å². The number of hydrogen-bond donors (Lipinski definition) is 0. The lowest BCUT2D eigenvalue weighted by atomic mass is 10.1. The monoisotopic (exact) mass is 262 g/mol. The highest BCUT2D eigenvalue weighted by molar-refractivity contribution is 5.96. The third kappa shape index (κ3) is 5.69. The van der Waals surface area contributed by atoms with Gasteiger partial charge in [0.15, 0.2) is 5.78 Å². The van der Waals surface area contributed by atoms with Crippen LogP contribution in [0.5, 0.6) is 0 Å². The number of carbonyl (C=O) groups excluding carboxylic acids is 2. The molecule has 0 aromatic heterocycles. The highest BCUT2D eigenvalue weighted by atomic mass is 16.5. The van der Waals surface area contributed by atoms with E-state index in [-0.39, 0.29) is 11.8 Å². The lowest BCUT2D eigenvalue weighted by molar-refractivity contribution is 0.0497. The van der Waals surface area contributed by atoms with Crippen LogP contribution >= 0.6 is 0 Å². The summed E-state index contributed by atoms with van der Waals surface area (Å²) in [5.74, 6) is -0.318. The van der Waals surface area contributed by atoms with Gasteiger partial charge >= 0.3 is 5.97 Å². The van der Waals surface area contributed by atoms with E-state index in [0.717, 1.165) is 12.8 Å². The van der Waals surface area contributed by atoms with E-state index in [4.69, 9.17) is 4.74 Å². The molecule has 0 radical (unpaired) electrons. The van der Waals surface area contributed by atoms with Crippen molar-refractivity contribution in [2.24, 2.45) is 0 Å². The van der Waals surface area contributed by atoms with Crippen LogP contribution in [0, 0.1) is 0 Å². The molecule has 0 N–H and O–H groups in total. The summed E-state index contributed by atoms with van der Waals surface area (Å²) in [4.78, 5) is 22.8. The van der Waals surface area contributed by atoms with E-state index in [0.29, 0.717) is 17.7 Å². The molecule has 3 nitrogen and oxygen atoms in total. The Morgan fingerprint density at radius 1 is 0.947 bits per heavy atom. The molecule has 0 heterocycles. The van der Waals surface area contributed by atoms with Crippen molar-refractivity contribution in [1.82, 2.24) is 0 Å². The highest BCUT2D eigenvalue weighted by Crippen LogP contribution is 2.08. The van der Waals surface area contributed by atoms with Crippen molar-refractivity contribution in [2.45, 2.75) is 46.0 Å². The summed E-state index contributed by atoms with van der Waals surface area (Å²) in [6.07, 6.45) is 5.66. The molecule has 19 heavy (non-hydrogen) atoms. The van der Waals surface area contributed by atoms with E-state index < -0.39 is 0 Å². The van der Waals surface area contributed by atoms with Crippen LogP contribution in [0.3, 0.4) is 0 Å². The van der Waals surface area contributed by atoms with Crippen LogP contribution in [0.4, 0.5) is 0 Å². The second-order valence-electron chi connectivity index (χ2n) is 4.68. The normalized spacial score (nSPS) is 10.2. The van der Waals surface area contributed by atoms with Crippen molar-refractivity contribution in [3.63, 3.8) is 0 Å². The zero-order chi connectivity index (χ0) is 14.1. The van der Waals surface area contributed by atoms with E-state index in [2.05, 4.69) is 6.92 Å². The van der Waals surface area contributed by atoms with Crippen LogP contribution in [-0.2, 0) is 4.74 Å². The highest BCUT2D eigenvalue weighted by Gasteiger charge is 2.07. The minimum absolute atomic E-state index is 0.00385. The van der Waals surface area contributed by atoms with Gasteiger partial charge in [0, 0.05) is 5.56 Å². The third-order valence-electron chi connectivity index (χ3n) is 3.01. The maximum atomic E-state index is 11.7. The molecule has 0 saturated heterocycles. The third-order valence-corrected chi connectivity index (χ3v) is 3.01. The Kier molecular flexibility index (Phi) is 6.86. The summed E-state index contributed by atoms with van der Waals surface area (Å²) in [5, 5.41) is 0. The summed E-state index contributed by atoms with van der Waals surface area (Å²) < 4.78 is 5.18. The zero-order valence-corrected chi connectivity index (χ0v) is 11.8. The molecule has 0 spiro atoms. The summed E-state index contributed by atoms with van der Waals surface area (Å²) in [6, 6.07) is 6.58.